The van der Waals surface area contributed by atoms with Crippen LogP contribution in [-0.4, -0.2) is 76.1 Å². The fraction of sp³-hybridized carbons (Fsp3) is 0.538. The number of nitrogens with one attached hydrogen (secondary N) is 1. The predicted octanol–water partition coefficient (Wildman–Crippen LogP) is -2.19. The van der Waals surface area contributed by atoms with Crippen LogP contribution in [0.3, 0.4) is 0 Å². The van der Waals surface area contributed by atoms with Crippen LogP contribution in [0.4, 0.5) is 10.6 Å². The standard InChI is InChI=1S/C13H21BN7O6P/c14-28(23)24-3-6-8(27-28)9(26-13(22)17-2-1-15)12(25-6)21-5-20-7-10(16)18-4-19-11(7)21/h4-6,8-9,12,23,28H,1-3,14-15H2,(H,17,22)(H2,16,18,19)/t6-,8+,9?,12-/m1/s1. The summed E-state index contributed by atoms with van der Waals surface area (Å²) in [6.07, 6.45) is -0.882. The van der Waals surface area contributed by atoms with Crippen molar-refractivity contribution in [3.05, 3.63) is 12.7 Å². The number of rotatable bonds is 4. The van der Waals surface area contributed by atoms with Crippen molar-refractivity contribution in [3.8, 4) is 0 Å². The Morgan fingerprint density at radius 3 is 3.11 bits per heavy atom. The van der Waals surface area contributed by atoms with Crippen molar-refractivity contribution in [1.82, 2.24) is 24.8 Å². The number of nitrogen functional groups attached to an aromatic ring is 1. The number of hydrogen-bond donors (Lipinski definition) is 4. The summed E-state index contributed by atoms with van der Waals surface area (Å²) in [5, 5.41) is 2.54. The number of fused-ring (bicyclic) bond motifs is 2. The maximum atomic E-state index is 12.2. The quantitative estimate of drug-likeness (QED) is 0.316. The van der Waals surface area contributed by atoms with Crippen LogP contribution in [0.25, 0.3) is 11.2 Å². The fourth-order valence-corrected chi connectivity index (χ4v) is 4.59. The number of carbonyl (C=O) groups is 1. The van der Waals surface area contributed by atoms with Gasteiger partial charge in [-0.15, -0.1) is 0 Å². The number of aromatic nitrogens is 4. The van der Waals surface area contributed by atoms with E-state index in [1.54, 1.807) is 4.57 Å². The first-order chi connectivity index (χ1) is 13.4. The van der Waals surface area contributed by atoms with E-state index in [2.05, 4.69) is 20.3 Å². The molecule has 13 nitrogen and oxygen atoms in total. The van der Waals surface area contributed by atoms with Gasteiger partial charge in [0.25, 0.3) is 0 Å². The van der Waals surface area contributed by atoms with Gasteiger partial charge in [-0.05, 0) is 0 Å². The van der Waals surface area contributed by atoms with Gasteiger partial charge in [0.2, 0.25) is 0 Å². The molecule has 2 fully saturated rings. The Hall–Kier alpha value is -2.09. The van der Waals surface area contributed by atoms with Crippen LogP contribution in [-0.2, 0) is 18.5 Å². The van der Waals surface area contributed by atoms with Gasteiger partial charge in [-0.3, -0.25) is 0 Å². The topological polar surface area (TPSA) is 182 Å². The Labute approximate surface area is 160 Å². The molecule has 4 rings (SSSR count). The van der Waals surface area contributed by atoms with Crippen molar-refractivity contribution in [1.29, 1.82) is 0 Å². The Morgan fingerprint density at radius 1 is 1.50 bits per heavy atom. The van der Waals surface area contributed by atoms with Crippen LogP contribution in [0.5, 0.6) is 0 Å². The summed E-state index contributed by atoms with van der Waals surface area (Å²) < 4.78 is 24.3. The molecule has 1 amide bonds. The summed E-state index contributed by atoms with van der Waals surface area (Å²) in [6, 6.07) is 0. The van der Waals surface area contributed by atoms with Gasteiger partial charge in [0, 0.05) is 0 Å². The predicted molar refractivity (Wildman–Crippen MR) is 101 cm³/mol. The minimum absolute atomic E-state index is 0.106. The van der Waals surface area contributed by atoms with E-state index in [1.165, 1.54) is 20.2 Å². The van der Waals surface area contributed by atoms with Crippen LogP contribution in [0.2, 0.25) is 0 Å². The molecule has 6 N–H and O–H groups in total. The molecule has 1 unspecified atom stereocenters. The molecular formula is C13H21BN7O6P. The molecule has 28 heavy (non-hydrogen) atoms. The number of amides is 1. The molecule has 0 spiro atoms. The second kappa shape index (κ2) is 7.39. The first-order valence-corrected chi connectivity index (χ1v) is 10.9. The third-order valence-corrected chi connectivity index (χ3v) is 5.89. The second-order valence-electron chi connectivity index (χ2n) is 6.52. The van der Waals surface area contributed by atoms with E-state index in [-0.39, 0.29) is 25.5 Å². The van der Waals surface area contributed by atoms with Gasteiger partial charge in [0.1, 0.15) is 0 Å². The molecule has 2 aromatic rings. The van der Waals surface area contributed by atoms with Crippen LogP contribution in [0.15, 0.2) is 12.7 Å². The summed E-state index contributed by atoms with van der Waals surface area (Å²) in [7, 11) is -1.87. The SMILES string of the molecule is B[PH]1(O)OC[C@H]2O[C@@H](n3cnc4c(N)ncnc43)C(OC(=O)NCCN)[C@H]2O1. The maximum absolute atomic E-state index is 12.2. The zero-order valence-corrected chi connectivity index (χ0v) is 16.0. The van der Waals surface area contributed by atoms with E-state index in [0.717, 1.165) is 0 Å². The first kappa shape index (κ1) is 19.2. The number of ether oxygens (including phenoxy) is 2. The minimum atomic E-state index is -3.35. The Kier molecular flexibility index (Phi) is 5.08. The molecule has 2 saturated heterocycles. The van der Waals surface area contributed by atoms with Crippen molar-refractivity contribution in [3.63, 3.8) is 0 Å². The molecule has 2 aromatic heterocycles. The first-order valence-electron chi connectivity index (χ1n) is 8.67. The molecule has 0 aromatic carbocycles. The number of alkyl carbamates (subject to hydrolysis) is 1. The Balaban J connectivity index is 1.67. The number of anilines is 1. The summed E-state index contributed by atoms with van der Waals surface area (Å²) in [5.74, 6) is 0.215. The molecule has 4 atom stereocenters. The molecule has 2 aliphatic heterocycles. The third kappa shape index (κ3) is 3.50. The van der Waals surface area contributed by atoms with Gasteiger partial charge in [-0.25, -0.2) is 0 Å². The van der Waals surface area contributed by atoms with Crippen LogP contribution < -0.4 is 16.8 Å². The van der Waals surface area contributed by atoms with E-state index in [4.69, 9.17) is 30.0 Å². The number of nitrogens with zero attached hydrogens (tertiary/aromatic N) is 4. The van der Waals surface area contributed by atoms with Crippen LogP contribution >= 0.6 is 7.82 Å². The normalized spacial score (nSPS) is 29.9. The van der Waals surface area contributed by atoms with Crippen LogP contribution in [0, 0.1) is 0 Å². The number of hydrogen-bond acceptors (Lipinski definition) is 11. The molecule has 0 aliphatic carbocycles. The van der Waals surface area contributed by atoms with Gasteiger partial charge in [-0.1, -0.05) is 0 Å². The van der Waals surface area contributed by atoms with Crippen molar-refractivity contribution in [2.24, 2.45) is 5.73 Å². The average molecular weight is 413 g/mol. The van der Waals surface area contributed by atoms with Crippen molar-refractivity contribution < 1.29 is 28.2 Å². The molecular weight excluding hydrogens is 392 g/mol. The summed E-state index contributed by atoms with van der Waals surface area (Å²) in [4.78, 5) is 34.8. The Morgan fingerprint density at radius 2 is 2.32 bits per heavy atom. The zero-order valence-electron chi connectivity index (χ0n) is 15.0. The van der Waals surface area contributed by atoms with Gasteiger partial charge in [0.05, 0.1) is 0 Å². The van der Waals surface area contributed by atoms with E-state index in [9.17, 15) is 9.69 Å². The van der Waals surface area contributed by atoms with Crippen LogP contribution in [0.1, 0.15) is 6.23 Å². The number of carbonyl (C=O) groups excluding carboxylic acids is 1. The molecule has 0 bridgehead atoms. The summed E-state index contributed by atoms with van der Waals surface area (Å²) >= 11 is 0. The van der Waals surface area contributed by atoms with E-state index < -0.39 is 38.5 Å². The summed E-state index contributed by atoms with van der Waals surface area (Å²) in [5.41, 5.74) is 12.1. The van der Waals surface area contributed by atoms with Crippen molar-refractivity contribution >= 4 is 38.5 Å². The van der Waals surface area contributed by atoms with Gasteiger partial charge in [0.15, 0.2) is 0 Å². The second-order valence-corrected chi connectivity index (χ2v) is 8.84. The van der Waals surface area contributed by atoms with E-state index in [1.807, 2.05) is 0 Å². The number of imidazole rings is 1. The molecule has 15 heteroatoms. The Bertz CT molecular complexity index is 884. The molecule has 0 radical (unpaired) electrons. The van der Waals surface area contributed by atoms with Crippen molar-refractivity contribution in [2.75, 3.05) is 25.4 Å². The summed E-state index contributed by atoms with van der Waals surface area (Å²) in [6.45, 7) is 0.619. The monoisotopic (exact) mass is 413 g/mol. The molecule has 4 heterocycles. The van der Waals surface area contributed by atoms with Crippen molar-refractivity contribution in [2.45, 2.75) is 24.5 Å². The zero-order chi connectivity index (χ0) is 19.9. The fourth-order valence-electron chi connectivity index (χ4n) is 3.25. The van der Waals surface area contributed by atoms with E-state index in [0.29, 0.717) is 11.2 Å². The van der Waals surface area contributed by atoms with E-state index >= 15 is 0 Å². The van der Waals surface area contributed by atoms with Gasteiger partial charge >= 0.3 is 160 Å². The molecule has 2 aliphatic rings. The average Bonchev–Trinajstić information content (AvgIpc) is 3.22. The third-order valence-electron chi connectivity index (χ3n) is 4.47. The van der Waals surface area contributed by atoms with Gasteiger partial charge < -0.3 is 0 Å². The number of nitrogens with two attached hydrogens (primary N) is 2. The van der Waals surface area contributed by atoms with Gasteiger partial charge in [-0.2, -0.15) is 0 Å². The molecule has 152 valence electrons. The molecule has 0 saturated carbocycles.